The third kappa shape index (κ3) is 4.41. The van der Waals surface area contributed by atoms with Gasteiger partial charge in [0.2, 0.25) is 5.91 Å². The van der Waals surface area contributed by atoms with E-state index in [0.29, 0.717) is 10.8 Å². The van der Waals surface area contributed by atoms with Gasteiger partial charge in [0.05, 0.1) is 0 Å². The molecule has 1 N–H and O–H groups in total. The number of carbonyl (C=O) groups is 1. The Morgan fingerprint density at radius 3 is 2.23 bits per heavy atom. The molecule has 30 heavy (non-hydrogen) atoms. The summed E-state index contributed by atoms with van der Waals surface area (Å²) < 4.78 is 15.1. The molecule has 1 amide bonds. The van der Waals surface area contributed by atoms with Crippen LogP contribution in [0.25, 0.3) is 5.69 Å². The predicted octanol–water partition coefficient (Wildman–Crippen LogP) is 5.19. The number of anilines is 1. The molecular weight excluding hydrogens is 399 g/mol. The Kier molecular flexibility index (Phi) is 5.90. The highest BCUT2D eigenvalue weighted by atomic mass is 32.2. The molecule has 0 aliphatic heterocycles. The van der Waals surface area contributed by atoms with Gasteiger partial charge in [0.15, 0.2) is 5.16 Å². The van der Waals surface area contributed by atoms with Crippen molar-refractivity contribution in [3.05, 3.63) is 102 Å². The van der Waals surface area contributed by atoms with Crippen LogP contribution in [0.3, 0.4) is 0 Å². The molecule has 1 atom stereocenters. The van der Waals surface area contributed by atoms with E-state index in [1.54, 1.807) is 0 Å². The van der Waals surface area contributed by atoms with E-state index >= 15 is 0 Å². The zero-order chi connectivity index (χ0) is 20.9. The second kappa shape index (κ2) is 8.92. The number of aryl methyl sites for hydroxylation is 1. The van der Waals surface area contributed by atoms with Crippen molar-refractivity contribution < 1.29 is 9.18 Å². The minimum Gasteiger partial charge on any atom is -0.325 e. The third-order valence-corrected chi connectivity index (χ3v) is 5.68. The van der Waals surface area contributed by atoms with Gasteiger partial charge in [-0.1, -0.05) is 60.3 Å². The van der Waals surface area contributed by atoms with Gasteiger partial charge >= 0.3 is 0 Å². The average Bonchev–Trinajstić information content (AvgIpc) is 3.15. The number of nitrogens with one attached hydrogen (secondary N) is 1. The van der Waals surface area contributed by atoms with Crippen LogP contribution in [0.4, 0.5) is 10.1 Å². The lowest BCUT2D eigenvalue weighted by Crippen LogP contribution is -2.19. The van der Waals surface area contributed by atoms with Crippen molar-refractivity contribution in [3.63, 3.8) is 0 Å². The number of nitrogens with zero attached hydrogens (tertiary/aromatic N) is 3. The van der Waals surface area contributed by atoms with Crippen LogP contribution in [0.2, 0.25) is 0 Å². The molecule has 0 radical (unpaired) electrons. The third-order valence-electron chi connectivity index (χ3n) is 4.49. The fourth-order valence-electron chi connectivity index (χ4n) is 3.04. The minimum atomic E-state index is -0.567. The molecule has 4 rings (SSSR count). The first-order chi connectivity index (χ1) is 14.6. The summed E-state index contributed by atoms with van der Waals surface area (Å²) in [4.78, 5) is 13.2. The summed E-state index contributed by atoms with van der Waals surface area (Å²) in [5.41, 5.74) is 2.29. The summed E-state index contributed by atoms with van der Waals surface area (Å²) in [6.45, 7) is 1.88. The molecule has 0 unspecified atom stereocenters. The molecule has 7 heteroatoms. The second-order valence-electron chi connectivity index (χ2n) is 6.61. The lowest BCUT2D eigenvalue weighted by molar-refractivity contribution is -0.115. The van der Waals surface area contributed by atoms with Crippen molar-refractivity contribution in [2.24, 2.45) is 0 Å². The van der Waals surface area contributed by atoms with Gasteiger partial charge in [0.1, 0.15) is 16.9 Å². The highest BCUT2D eigenvalue weighted by Crippen LogP contribution is 2.36. The van der Waals surface area contributed by atoms with E-state index in [1.165, 1.54) is 36.0 Å². The first kappa shape index (κ1) is 19.8. The highest BCUT2D eigenvalue weighted by Gasteiger charge is 2.25. The Hall–Kier alpha value is -3.45. The van der Waals surface area contributed by atoms with E-state index in [4.69, 9.17) is 0 Å². The van der Waals surface area contributed by atoms with Crippen LogP contribution in [0.1, 0.15) is 16.6 Å². The number of para-hydroxylation sites is 1. The molecule has 1 heterocycles. The van der Waals surface area contributed by atoms with Crippen molar-refractivity contribution in [2.75, 3.05) is 5.32 Å². The smallest absolute Gasteiger partial charge is 0.242 e. The number of halogens is 1. The van der Waals surface area contributed by atoms with E-state index in [0.717, 1.165) is 17.1 Å². The molecule has 0 fully saturated rings. The molecule has 3 aromatic carbocycles. The highest BCUT2D eigenvalue weighted by molar-refractivity contribution is 8.00. The molecule has 0 bridgehead atoms. The second-order valence-corrected chi connectivity index (χ2v) is 7.68. The maximum atomic E-state index is 13.2. The minimum absolute atomic E-state index is 0.224. The zero-order valence-electron chi connectivity index (χ0n) is 16.2. The molecule has 4 aromatic rings. The van der Waals surface area contributed by atoms with Gasteiger partial charge in [-0.2, -0.15) is 0 Å². The fraction of sp³-hybridized carbons (Fsp3) is 0.0870. The largest absolute Gasteiger partial charge is 0.325 e. The number of thioether (sulfide) groups is 1. The van der Waals surface area contributed by atoms with Crippen molar-refractivity contribution in [1.29, 1.82) is 0 Å². The van der Waals surface area contributed by atoms with E-state index in [2.05, 4.69) is 15.5 Å². The maximum absolute atomic E-state index is 13.2. The van der Waals surface area contributed by atoms with Gasteiger partial charge in [-0.15, -0.1) is 10.2 Å². The molecule has 5 nitrogen and oxygen atoms in total. The quantitative estimate of drug-likeness (QED) is 0.438. The zero-order valence-corrected chi connectivity index (χ0v) is 17.0. The number of carbonyl (C=O) groups excluding carboxylic acids is 1. The summed E-state index contributed by atoms with van der Waals surface area (Å²) in [5.74, 6) is 0.154. The Bertz CT molecular complexity index is 1130. The number of hydrogen-bond acceptors (Lipinski definition) is 4. The molecule has 0 aliphatic carbocycles. The summed E-state index contributed by atoms with van der Waals surface area (Å²) in [6, 6.07) is 25.0. The van der Waals surface area contributed by atoms with Gasteiger partial charge in [0, 0.05) is 11.4 Å². The van der Waals surface area contributed by atoms with Crippen LogP contribution in [-0.4, -0.2) is 20.7 Å². The SMILES string of the molecule is Cc1nnc(S[C@@H](C(=O)Nc2ccc(F)cc2)c2ccccc2)n1-c1ccccc1. The number of benzene rings is 3. The van der Waals surface area contributed by atoms with Crippen LogP contribution in [0.5, 0.6) is 0 Å². The fourth-order valence-corrected chi connectivity index (χ4v) is 4.14. The summed E-state index contributed by atoms with van der Waals surface area (Å²) in [7, 11) is 0. The van der Waals surface area contributed by atoms with E-state index in [-0.39, 0.29) is 11.7 Å². The first-order valence-electron chi connectivity index (χ1n) is 9.37. The number of hydrogen-bond donors (Lipinski definition) is 1. The van der Waals surface area contributed by atoms with Crippen LogP contribution in [0, 0.1) is 12.7 Å². The van der Waals surface area contributed by atoms with Crippen LogP contribution in [-0.2, 0) is 4.79 Å². The molecular formula is C23H19FN4OS. The Labute approximate surface area is 178 Å². The van der Waals surface area contributed by atoms with Crippen LogP contribution >= 0.6 is 11.8 Å². The summed E-state index contributed by atoms with van der Waals surface area (Å²) >= 11 is 1.32. The van der Waals surface area contributed by atoms with Crippen molar-refractivity contribution in [2.45, 2.75) is 17.3 Å². The van der Waals surface area contributed by atoms with Gasteiger partial charge < -0.3 is 5.32 Å². The first-order valence-corrected chi connectivity index (χ1v) is 10.3. The van der Waals surface area contributed by atoms with Crippen molar-refractivity contribution in [3.8, 4) is 5.69 Å². The Balaban J connectivity index is 1.67. The number of rotatable bonds is 6. The number of aromatic nitrogens is 3. The average molecular weight is 418 g/mol. The lowest BCUT2D eigenvalue weighted by atomic mass is 10.1. The molecule has 150 valence electrons. The molecule has 0 saturated carbocycles. The standard InChI is InChI=1S/C23H19FN4OS/c1-16-26-27-23(28(16)20-10-6-3-7-11-20)30-21(17-8-4-2-5-9-17)22(29)25-19-14-12-18(24)13-15-19/h2-15,21H,1H3,(H,25,29)/t21-/m1/s1. The Morgan fingerprint density at radius 2 is 1.57 bits per heavy atom. The maximum Gasteiger partial charge on any atom is 0.242 e. The Morgan fingerprint density at radius 1 is 0.933 bits per heavy atom. The van der Waals surface area contributed by atoms with E-state index < -0.39 is 5.25 Å². The summed E-state index contributed by atoms with van der Waals surface area (Å²) in [5, 5.41) is 11.4. The van der Waals surface area contributed by atoms with E-state index in [9.17, 15) is 9.18 Å². The van der Waals surface area contributed by atoms with Gasteiger partial charge in [-0.25, -0.2) is 4.39 Å². The lowest BCUT2D eigenvalue weighted by Gasteiger charge is -2.17. The monoisotopic (exact) mass is 418 g/mol. The molecule has 1 aromatic heterocycles. The normalized spacial score (nSPS) is 11.8. The predicted molar refractivity (Wildman–Crippen MR) is 116 cm³/mol. The van der Waals surface area contributed by atoms with Gasteiger partial charge in [0.25, 0.3) is 0 Å². The number of amides is 1. The topological polar surface area (TPSA) is 59.8 Å². The van der Waals surface area contributed by atoms with Crippen LogP contribution < -0.4 is 5.32 Å². The van der Waals surface area contributed by atoms with Gasteiger partial charge in [-0.3, -0.25) is 9.36 Å². The van der Waals surface area contributed by atoms with Crippen LogP contribution in [0.15, 0.2) is 90.1 Å². The van der Waals surface area contributed by atoms with Crippen molar-refractivity contribution in [1.82, 2.24) is 14.8 Å². The van der Waals surface area contributed by atoms with Crippen molar-refractivity contribution >= 4 is 23.4 Å². The molecule has 0 aliphatic rings. The summed E-state index contributed by atoms with van der Waals surface area (Å²) in [6.07, 6.45) is 0. The van der Waals surface area contributed by atoms with E-state index in [1.807, 2.05) is 72.2 Å². The molecule has 0 saturated heterocycles. The molecule has 0 spiro atoms. The van der Waals surface area contributed by atoms with Gasteiger partial charge in [-0.05, 0) is 48.9 Å².